The van der Waals surface area contributed by atoms with Gasteiger partial charge < -0.3 is 15.2 Å². The summed E-state index contributed by atoms with van der Waals surface area (Å²) in [5, 5.41) is 11.7. The molecule has 0 aromatic heterocycles. The molecule has 0 radical (unpaired) electrons. The molecular weight excluding hydrogens is 327 g/mol. The maximum Gasteiger partial charge on any atom is 0.416 e. The van der Waals surface area contributed by atoms with Crippen molar-refractivity contribution in [2.45, 2.75) is 38.5 Å². The van der Waals surface area contributed by atoms with E-state index >= 15 is 0 Å². The Morgan fingerprint density at radius 1 is 1.29 bits per heavy atom. The van der Waals surface area contributed by atoms with E-state index in [-0.39, 0.29) is 30.7 Å². The number of carboxylic acids is 1. The van der Waals surface area contributed by atoms with E-state index in [4.69, 9.17) is 4.74 Å². The fraction of sp³-hybridized carbons (Fsp3) is 0.500. The van der Waals surface area contributed by atoms with E-state index in [2.05, 4.69) is 5.32 Å². The Kier molecular flexibility index (Phi) is 5.17. The number of nitrogens with one attached hydrogen (secondary N) is 1. The number of carbonyl (C=O) groups excluding carboxylic acids is 1. The summed E-state index contributed by atoms with van der Waals surface area (Å²) in [4.78, 5) is 23.8. The van der Waals surface area contributed by atoms with E-state index in [1.165, 1.54) is 19.2 Å². The average molecular weight is 345 g/mol. The van der Waals surface area contributed by atoms with Crippen molar-refractivity contribution in [1.29, 1.82) is 0 Å². The minimum atomic E-state index is -4.60. The normalized spacial score (nSPS) is 16.8. The number of aliphatic carboxylic acids is 1. The summed E-state index contributed by atoms with van der Waals surface area (Å²) in [6.07, 6.45) is -3.04. The smallest absolute Gasteiger partial charge is 0.416 e. The highest BCUT2D eigenvalue weighted by atomic mass is 19.4. The number of benzene rings is 1. The number of halogens is 3. The number of methoxy groups -OCH3 is 1. The molecule has 0 saturated heterocycles. The van der Waals surface area contributed by atoms with Gasteiger partial charge in [0.2, 0.25) is 5.91 Å². The Morgan fingerprint density at radius 2 is 1.92 bits per heavy atom. The first-order chi connectivity index (χ1) is 11.2. The fourth-order valence-electron chi connectivity index (χ4n) is 2.97. The second kappa shape index (κ2) is 6.80. The van der Waals surface area contributed by atoms with Crippen molar-refractivity contribution in [3.05, 3.63) is 29.3 Å². The van der Waals surface area contributed by atoms with Gasteiger partial charge in [0, 0.05) is 12.8 Å². The first-order valence-electron chi connectivity index (χ1n) is 7.44. The number of hydrogen-bond acceptors (Lipinski definition) is 3. The Labute approximate surface area is 136 Å². The van der Waals surface area contributed by atoms with E-state index < -0.39 is 29.0 Å². The van der Waals surface area contributed by atoms with Crippen molar-refractivity contribution in [2.75, 3.05) is 12.4 Å². The van der Waals surface area contributed by atoms with Gasteiger partial charge in [-0.1, -0.05) is 18.9 Å². The first kappa shape index (κ1) is 18.3. The highest BCUT2D eigenvalue weighted by Crippen LogP contribution is 2.40. The molecule has 2 rings (SSSR count). The van der Waals surface area contributed by atoms with Crippen molar-refractivity contribution >= 4 is 17.6 Å². The van der Waals surface area contributed by atoms with Gasteiger partial charge in [-0.15, -0.1) is 0 Å². The van der Waals surface area contributed by atoms with Crippen LogP contribution in [0.5, 0.6) is 0 Å². The number of carbonyl (C=O) groups is 2. The summed E-state index contributed by atoms with van der Waals surface area (Å²) in [5.74, 6) is -2.02. The van der Waals surface area contributed by atoms with Crippen molar-refractivity contribution in [3.8, 4) is 0 Å². The number of hydrogen-bond donors (Lipinski definition) is 2. The Hall–Kier alpha value is -2.09. The molecule has 1 amide bonds. The molecule has 1 aliphatic carbocycles. The monoisotopic (exact) mass is 345 g/mol. The van der Waals surface area contributed by atoms with Gasteiger partial charge >= 0.3 is 12.1 Å². The third kappa shape index (κ3) is 3.53. The molecule has 1 aliphatic rings. The lowest BCUT2D eigenvalue weighted by Gasteiger charge is -2.23. The van der Waals surface area contributed by atoms with E-state index in [0.717, 1.165) is 6.07 Å². The van der Waals surface area contributed by atoms with Crippen LogP contribution in [0.15, 0.2) is 18.2 Å². The van der Waals surface area contributed by atoms with Crippen LogP contribution in [0.25, 0.3) is 0 Å². The van der Waals surface area contributed by atoms with Gasteiger partial charge in [-0.2, -0.15) is 13.2 Å². The Balaban J connectivity index is 2.30. The standard InChI is InChI=1S/C16H18F3NO4/c1-24-9-10-4-5-11(8-12(10)16(17,18)19)20-13(21)15(14(22)23)6-2-3-7-15/h4-5,8H,2-3,6-7,9H2,1H3,(H,20,21)(H,22,23). The third-order valence-electron chi connectivity index (χ3n) is 4.27. The molecule has 1 aromatic carbocycles. The van der Waals surface area contributed by atoms with E-state index in [0.29, 0.717) is 12.8 Å². The molecule has 0 spiro atoms. The van der Waals surface area contributed by atoms with Gasteiger partial charge in [0.1, 0.15) is 5.41 Å². The van der Waals surface area contributed by atoms with Crippen LogP contribution in [0.1, 0.15) is 36.8 Å². The summed E-state index contributed by atoms with van der Waals surface area (Å²) in [6, 6.07) is 3.33. The lowest BCUT2D eigenvalue weighted by molar-refractivity contribution is -0.153. The number of carboxylic acid groups (broad SMARTS) is 1. The minimum Gasteiger partial charge on any atom is -0.480 e. The van der Waals surface area contributed by atoms with E-state index in [1.54, 1.807) is 0 Å². The van der Waals surface area contributed by atoms with Crippen LogP contribution < -0.4 is 5.32 Å². The minimum absolute atomic E-state index is 0.0585. The molecule has 8 heteroatoms. The van der Waals surface area contributed by atoms with Crippen molar-refractivity contribution in [3.63, 3.8) is 0 Å². The SMILES string of the molecule is COCc1ccc(NC(=O)C2(C(=O)O)CCCC2)cc1C(F)(F)F. The van der Waals surface area contributed by atoms with E-state index in [1.807, 2.05) is 0 Å². The second-order valence-electron chi connectivity index (χ2n) is 5.85. The maximum atomic E-state index is 13.1. The molecular formula is C16H18F3NO4. The van der Waals surface area contributed by atoms with Crippen LogP contribution in [0.2, 0.25) is 0 Å². The molecule has 132 valence electrons. The number of anilines is 1. The van der Waals surface area contributed by atoms with Gasteiger partial charge in [0.15, 0.2) is 0 Å². The van der Waals surface area contributed by atoms with Crippen LogP contribution in [0.3, 0.4) is 0 Å². The number of amides is 1. The third-order valence-corrected chi connectivity index (χ3v) is 4.27. The Bertz CT molecular complexity index is 637. The molecule has 5 nitrogen and oxygen atoms in total. The predicted molar refractivity (Wildman–Crippen MR) is 79.3 cm³/mol. The van der Waals surface area contributed by atoms with Crippen molar-refractivity contribution in [1.82, 2.24) is 0 Å². The van der Waals surface area contributed by atoms with Crippen LogP contribution in [-0.4, -0.2) is 24.1 Å². The van der Waals surface area contributed by atoms with Crippen LogP contribution in [0, 0.1) is 5.41 Å². The number of ether oxygens (including phenoxy) is 1. The van der Waals surface area contributed by atoms with Crippen molar-refractivity contribution < 1.29 is 32.6 Å². The van der Waals surface area contributed by atoms with Gasteiger partial charge in [0.05, 0.1) is 12.2 Å². The molecule has 0 unspecified atom stereocenters. The summed E-state index contributed by atoms with van der Waals surface area (Å²) in [7, 11) is 1.28. The first-order valence-corrected chi connectivity index (χ1v) is 7.44. The topological polar surface area (TPSA) is 75.6 Å². The van der Waals surface area contributed by atoms with E-state index in [9.17, 15) is 27.9 Å². The molecule has 0 heterocycles. The predicted octanol–water partition coefficient (Wildman–Crippen LogP) is 3.44. The van der Waals surface area contributed by atoms with Crippen LogP contribution >= 0.6 is 0 Å². The number of rotatable bonds is 5. The second-order valence-corrected chi connectivity index (χ2v) is 5.85. The van der Waals surface area contributed by atoms with Gasteiger partial charge in [-0.05, 0) is 30.5 Å². The molecule has 0 atom stereocenters. The summed E-state index contributed by atoms with van der Waals surface area (Å²) < 4.78 is 44.1. The fourth-order valence-corrected chi connectivity index (χ4v) is 2.97. The van der Waals surface area contributed by atoms with Gasteiger partial charge in [-0.3, -0.25) is 9.59 Å². The molecule has 1 fully saturated rings. The molecule has 0 aliphatic heterocycles. The van der Waals surface area contributed by atoms with Gasteiger partial charge in [-0.25, -0.2) is 0 Å². The zero-order valence-corrected chi connectivity index (χ0v) is 13.1. The lowest BCUT2D eigenvalue weighted by atomic mass is 9.85. The summed E-state index contributed by atoms with van der Waals surface area (Å²) in [5.41, 5.74) is -2.63. The van der Waals surface area contributed by atoms with Crippen molar-refractivity contribution in [2.24, 2.45) is 5.41 Å². The zero-order chi connectivity index (χ0) is 18.0. The van der Waals surface area contributed by atoms with Crippen LogP contribution in [-0.2, 0) is 27.1 Å². The molecule has 0 bridgehead atoms. The molecule has 1 aromatic rings. The Morgan fingerprint density at radius 3 is 2.42 bits per heavy atom. The molecule has 1 saturated carbocycles. The number of alkyl halides is 3. The van der Waals surface area contributed by atoms with Gasteiger partial charge in [0.25, 0.3) is 0 Å². The highest BCUT2D eigenvalue weighted by Gasteiger charge is 2.48. The maximum absolute atomic E-state index is 13.1. The zero-order valence-electron chi connectivity index (χ0n) is 13.1. The molecule has 24 heavy (non-hydrogen) atoms. The average Bonchev–Trinajstić information content (AvgIpc) is 2.99. The quantitative estimate of drug-likeness (QED) is 0.802. The lowest BCUT2D eigenvalue weighted by Crippen LogP contribution is -2.40. The van der Waals surface area contributed by atoms with Crippen LogP contribution in [0.4, 0.5) is 18.9 Å². The summed E-state index contributed by atoms with van der Waals surface area (Å²) in [6.45, 7) is -0.220. The molecule has 2 N–H and O–H groups in total. The summed E-state index contributed by atoms with van der Waals surface area (Å²) >= 11 is 0. The highest BCUT2D eigenvalue weighted by molar-refractivity contribution is 6.08. The largest absolute Gasteiger partial charge is 0.480 e.